The third kappa shape index (κ3) is 8.75. The van der Waals surface area contributed by atoms with Crippen LogP contribution in [0.5, 0.6) is 0 Å². The van der Waals surface area contributed by atoms with Crippen LogP contribution in [0, 0.1) is 0 Å². The maximum absolute atomic E-state index is 12.4. The lowest BCUT2D eigenvalue weighted by molar-refractivity contribution is -0.177. The Morgan fingerprint density at radius 1 is 1.18 bits per heavy atom. The van der Waals surface area contributed by atoms with Gasteiger partial charge < -0.3 is 29.0 Å². The molecule has 0 saturated carbocycles. The van der Waals surface area contributed by atoms with Crippen LogP contribution in [0.15, 0.2) is 18.3 Å². The molecule has 0 unspecified atom stereocenters. The third-order valence-corrected chi connectivity index (χ3v) is 4.48. The molecule has 1 aliphatic heterocycles. The van der Waals surface area contributed by atoms with Gasteiger partial charge in [-0.1, -0.05) is 11.3 Å². The summed E-state index contributed by atoms with van der Waals surface area (Å²) in [5.41, 5.74) is -0.295. The quantitative estimate of drug-likeness (QED) is 0.298. The van der Waals surface area contributed by atoms with Gasteiger partial charge in [-0.05, 0) is 40.7 Å². The van der Waals surface area contributed by atoms with Gasteiger partial charge in [0.25, 0.3) is 0 Å². The van der Waals surface area contributed by atoms with Crippen LogP contribution in [0.3, 0.4) is 0 Å². The Bertz CT molecular complexity index is 863. The average molecular weight is 483 g/mol. The van der Waals surface area contributed by atoms with Gasteiger partial charge in [-0.15, -0.1) is 5.10 Å². The predicted molar refractivity (Wildman–Crippen MR) is 119 cm³/mol. The topological polar surface area (TPSA) is 140 Å². The standard InChI is InChI=1S/C22H34N4O8/c1-7-30-19-10-9-17(18(33-19)13-32-14(3)27)26-12-15(24-25-26)11-16(20(28)31-8-2)23-21(29)34-22(4,5)6/h9-10,12,16-19H,7-8,11,13H2,1-6H3,(H,23,29)/t16-,17-,18+,19-/m0/s1. The van der Waals surface area contributed by atoms with Crippen LogP contribution in [0.25, 0.3) is 0 Å². The number of hydrogen-bond acceptors (Lipinski definition) is 10. The lowest BCUT2D eigenvalue weighted by Crippen LogP contribution is -2.45. The SMILES string of the molecule is CCOC(=O)[C@H](Cc1cn([C@H]2C=C[C@@H](OCC)O[C@@H]2COC(C)=O)nn1)NC(=O)OC(C)(C)C. The number of aromatic nitrogens is 3. The van der Waals surface area contributed by atoms with Gasteiger partial charge in [0.1, 0.15) is 30.4 Å². The van der Waals surface area contributed by atoms with Gasteiger partial charge in [0.05, 0.1) is 12.3 Å². The molecule has 4 atom stereocenters. The number of alkyl carbamates (subject to hydrolysis) is 1. The molecule has 1 aliphatic rings. The summed E-state index contributed by atoms with van der Waals surface area (Å²) in [6.07, 6.45) is 3.35. The van der Waals surface area contributed by atoms with Crippen LogP contribution < -0.4 is 5.32 Å². The van der Waals surface area contributed by atoms with Crippen LogP contribution in [0.1, 0.15) is 53.3 Å². The van der Waals surface area contributed by atoms with Crippen molar-refractivity contribution in [3.05, 3.63) is 24.0 Å². The highest BCUT2D eigenvalue weighted by molar-refractivity contribution is 5.81. The predicted octanol–water partition coefficient (Wildman–Crippen LogP) is 1.70. The summed E-state index contributed by atoms with van der Waals surface area (Å²) in [5, 5.41) is 10.8. The molecular formula is C22H34N4O8. The van der Waals surface area contributed by atoms with Crippen LogP contribution in [-0.4, -0.2) is 76.9 Å². The molecule has 0 fully saturated rings. The number of hydrogen-bond donors (Lipinski definition) is 1. The highest BCUT2D eigenvalue weighted by Gasteiger charge is 2.32. The van der Waals surface area contributed by atoms with Crippen molar-refractivity contribution in [3.8, 4) is 0 Å². The zero-order valence-corrected chi connectivity index (χ0v) is 20.5. The molecule has 1 amide bonds. The van der Waals surface area contributed by atoms with Crippen molar-refractivity contribution in [2.24, 2.45) is 0 Å². The lowest BCUT2D eigenvalue weighted by Gasteiger charge is -2.31. The maximum Gasteiger partial charge on any atom is 0.408 e. The summed E-state index contributed by atoms with van der Waals surface area (Å²) >= 11 is 0. The maximum atomic E-state index is 12.4. The minimum atomic E-state index is -1.02. The Kier molecular flexibility index (Phi) is 9.99. The first-order chi connectivity index (χ1) is 16.0. The van der Waals surface area contributed by atoms with E-state index in [4.69, 9.17) is 23.7 Å². The van der Waals surface area contributed by atoms with Crippen molar-refractivity contribution in [1.82, 2.24) is 20.3 Å². The van der Waals surface area contributed by atoms with Gasteiger partial charge in [0.2, 0.25) is 0 Å². The molecule has 0 saturated heterocycles. The fourth-order valence-electron chi connectivity index (χ4n) is 3.13. The number of esters is 2. The van der Waals surface area contributed by atoms with Crippen LogP contribution >= 0.6 is 0 Å². The molecule has 0 aliphatic carbocycles. The highest BCUT2D eigenvalue weighted by atomic mass is 16.7. The van der Waals surface area contributed by atoms with Crippen LogP contribution in [0.2, 0.25) is 0 Å². The molecule has 12 heteroatoms. The number of ether oxygens (including phenoxy) is 5. The number of carbonyl (C=O) groups excluding carboxylic acids is 3. The normalized spacial score (nSPS) is 20.9. The van der Waals surface area contributed by atoms with E-state index in [1.807, 2.05) is 13.0 Å². The second kappa shape index (κ2) is 12.5. The summed E-state index contributed by atoms with van der Waals surface area (Å²) < 4.78 is 28.4. The van der Waals surface area contributed by atoms with Gasteiger partial charge in [-0.25, -0.2) is 14.3 Å². The largest absolute Gasteiger partial charge is 0.464 e. The molecule has 190 valence electrons. The number of nitrogens with one attached hydrogen (secondary N) is 1. The van der Waals surface area contributed by atoms with Crippen molar-refractivity contribution >= 4 is 18.0 Å². The van der Waals surface area contributed by atoms with E-state index >= 15 is 0 Å². The number of rotatable bonds is 10. The van der Waals surface area contributed by atoms with E-state index in [0.29, 0.717) is 12.3 Å². The molecule has 1 aromatic heterocycles. The van der Waals surface area contributed by atoms with Gasteiger partial charge in [-0.2, -0.15) is 0 Å². The molecule has 1 aromatic rings. The Labute approximate surface area is 198 Å². The summed E-state index contributed by atoms with van der Waals surface area (Å²) in [6, 6.07) is -1.45. The van der Waals surface area contributed by atoms with Gasteiger partial charge >= 0.3 is 18.0 Å². The first-order valence-corrected chi connectivity index (χ1v) is 11.2. The van der Waals surface area contributed by atoms with E-state index < -0.39 is 48.1 Å². The van der Waals surface area contributed by atoms with Crippen LogP contribution in [0.4, 0.5) is 4.79 Å². The molecule has 2 rings (SSSR count). The molecule has 0 aromatic carbocycles. The average Bonchev–Trinajstić information content (AvgIpc) is 3.19. The smallest absolute Gasteiger partial charge is 0.408 e. The van der Waals surface area contributed by atoms with Crippen molar-refractivity contribution in [2.75, 3.05) is 19.8 Å². The van der Waals surface area contributed by atoms with E-state index in [2.05, 4.69) is 15.6 Å². The Hall–Kier alpha value is -2.99. The summed E-state index contributed by atoms with van der Waals surface area (Å²) in [7, 11) is 0. The lowest BCUT2D eigenvalue weighted by atomic mass is 10.1. The molecule has 0 radical (unpaired) electrons. The van der Waals surface area contributed by atoms with Gasteiger partial charge in [0, 0.05) is 26.1 Å². The zero-order valence-electron chi connectivity index (χ0n) is 20.5. The second-order valence-electron chi connectivity index (χ2n) is 8.52. The minimum Gasteiger partial charge on any atom is -0.464 e. The van der Waals surface area contributed by atoms with Crippen molar-refractivity contribution in [2.45, 2.75) is 78.0 Å². The fourth-order valence-corrected chi connectivity index (χ4v) is 3.13. The first kappa shape index (κ1) is 27.3. The number of nitrogens with zero attached hydrogens (tertiary/aromatic N) is 3. The fraction of sp³-hybridized carbons (Fsp3) is 0.682. The second-order valence-corrected chi connectivity index (χ2v) is 8.52. The minimum absolute atomic E-state index is 0.00520. The van der Waals surface area contributed by atoms with E-state index in [1.54, 1.807) is 40.0 Å². The Balaban J connectivity index is 2.16. The van der Waals surface area contributed by atoms with E-state index in [0.717, 1.165) is 0 Å². The summed E-state index contributed by atoms with van der Waals surface area (Å²) in [6.45, 7) is 10.6. The molecule has 0 spiro atoms. The number of amides is 1. The molecule has 1 N–H and O–H groups in total. The van der Waals surface area contributed by atoms with E-state index in [-0.39, 0.29) is 19.6 Å². The van der Waals surface area contributed by atoms with Crippen LogP contribution in [-0.2, 0) is 39.7 Å². The monoisotopic (exact) mass is 482 g/mol. The van der Waals surface area contributed by atoms with Crippen molar-refractivity contribution < 1.29 is 38.1 Å². The number of carbonyl (C=O) groups is 3. The molecule has 34 heavy (non-hydrogen) atoms. The summed E-state index contributed by atoms with van der Waals surface area (Å²) in [4.78, 5) is 35.9. The van der Waals surface area contributed by atoms with Gasteiger partial charge in [0.15, 0.2) is 6.29 Å². The van der Waals surface area contributed by atoms with Crippen molar-refractivity contribution in [3.63, 3.8) is 0 Å². The highest BCUT2D eigenvalue weighted by Crippen LogP contribution is 2.24. The molecule has 2 heterocycles. The zero-order chi connectivity index (χ0) is 25.3. The third-order valence-electron chi connectivity index (χ3n) is 4.48. The van der Waals surface area contributed by atoms with E-state index in [1.165, 1.54) is 11.6 Å². The molecular weight excluding hydrogens is 448 g/mol. The summed E-state index contributed by atoms with van der Waals surface area (Å²) in [5.74, 6) is -1.05. The Morgan fingerprint density at radius 3 is 2.53 bits per heavy atom. The first-order valence-electron chi connectivity index (χ1n) is 11.2. The molecule has 12 nitrogen and oxygen atoms in total. The van der Waals surface area contributed by atoms with Crippen molar-refractivity contribution in [1.29, 1.82) is 0 Å². The Morgan fingerprint density at radius 2 is 1.91 bits per heavy atom. The van der Waals surface area contributed by atoms with Gasteiger partial charge in [-0.3, -0.25) is 4.79 Å². The molecule has 0 bridgehead atoms. The van der Waals surface area contributed by atoms with E-state index in [9.17, 15) is 14.4 Å².